The molecule has 1 aliphatic heterocycles. The monoisotopic (exact) mass is 446 g/mol. The first-order valence-electron chi connectivity index (χ1n) is 9.23. The fourth-order valence-corrected chi connectivity index (χ4v) is 4.21. The zero-order valence-corrected chi connectivity index (χ0v) is 17.0. The molecule has 1 saturated heterocycles. The lowest BCUT2D eigenvalue weighted by Crippen LogP contribution is -2.20. The molecular formula is C21H17F3N4O2S. The van der Waals surface area contributed by atoms with Crippen LogP contribution in [0.4, 0.5) is 18.0 Å². The SMILES string of the molecule is CN=C1NC(=O)S/C1=C\c1ccc2nn(C(CO)c3ccccc3C(F)(F)F)cc2c1. The maximum Gasteiger partial charge on any atom is 0.416 e. The minimum absolute atomic E-state index is 0.0524. The molecule has 2 aromatic carbocycles. The minimum atomic E-state index is -4.54. The molecule has 4 rings (SSSR count). The number of aliphatic hydroxyl groups excluding tert-OH is 1. The van der Waals surface area contributed by atoms with E-state index in [1.165, 1.54) is 22.9 Å². The third kappa shape index (κ3) is 4.21. The quantitative estimate of drug-likeness (QED) is 0.620. The van der Waals surface area contributed by atoms with E-state index in [4.69, 9.17) is 0 Å². The molecule has 0 aliphatic carbocycles. The molecule has 0 saturated carbocycles. The smallest absolute Gasteiger partial charge is 0.394 e. The number of hydrogen-bond acceptors (Lipinski definition) is 5. The van der Waals surface area contributed by atoms with Gasteiger partial charge in [0.2, 0.25) is 0 Å². The van der Waals surface area contributed by atoms with E-state index in [0.717, 1.165) is 23.4 Å². The van der Waals surface area contributed by atoms with E-state index < -0.39 is 24.4 Å². The number of thioether (sulfide) groups is 1. The summed E-state index contributed by atoms with van der Waals surface area (Å²) in [4.78, 5) is 16.3. The van der Waals surface area contributed by atoms with Crippen molar-refractivity contribution in [2.24, 2.45) is 4.99 Å². The highest BCUT2D eigenvalue weighted by molar-refractivity contribution is 8.18. The van der Waals surface area contributed by atoms with Crippen molar-refractivity contribution in [2.45, 2.75) is 12.2 Å². The standard InChI is InChI=1S/C21H17F3N4O2S/c1-25-19-18(31-20(30)26-19)9-12-6-7-16-13(8-12)10-28(27-16)17(11-29)14-4-2-3-5-15(14)21(22,23)24/h2-10,17,29H,11H2,1H3,(H,25,26,30)/b18-9-. The second-order valence-corrected chi connectivity index (χ2v) is 7.82. The number of amidine groups is 1. The van der Waals surface area contributed by atoms with Crippen molar-refractivity contribution in [3.8, 4) is 0 Å². The Morgan fingerprint density at radius 1 is 1.29 bits per heavy atom. The number of aliphatic imine (C=N–C) groups is 1. The van der Waals surface area contributed by atoms with Gasteiger partial charge in [0.25, 0.3) is 5.24 Å². The lowest BCUT2D eigenvalue weighted by atomic mass is 10.0. The molecule has 1 unspecified atom stereocenters. The van der Waals surface area contributed by atoms with Crippen molar-refractivity contribution in [2.75, 3.05) is 13.7 Å². The van der Waals surface area contributed by atoms with Crippen LogP contribution in [0.5, 0.6) is 0 Å². The number of rotatable bonds is 4. The van der Waals surface area contributed by atoms with Crippen molar-refractivity contribution >= 4 is 39.8 Å². The van der Waals surface area contributed by atoms with Crippen LogP contribution in [0, 0.1) is 0 Å². The molecule has 2 heterocycles. The molecule has 6 nitrogen and oxygen atoms in total. The van der Waals surface area contributed by atoms with E-state index in [2.05, 4.69) is 15.4 Å². The Bertz CT molecular complexity index is 1220. The number of fused-ring (bicyclic) bond motifs is 1. The third-order valence-electron chi connectivity index (χ3n) is 4.84. The highest BCUT2D eigenvalue weighted by Crippen LogP contribution is 2.36. The van der Waals surface area contributed by atoms with E-state index in [9.17, 15) is 23.1 Å². The zero-order valence-electron chi connectivity index (χ0n) is 16.2. The number of aliphatic hydroxyl groups is 1. The summed E-state index contributed by atoms with van der Waals surface area (Å²) < 4.78 is 41.7. The number of halogens is 3. The molecule has 1 aliphatic rings. The van der Waals surface area contributed by atoms with Gasteiger partial charge in [-0.05, 0) is 47.2 Å². The van der Waals surface area contributed by atoms with Crippen molar-refractivity contribution in [3.63, 3.8) is 0 Å². The highest BCUT2D eigenvalue weighted by atomic mass is 32.2. The van der Waals surface area contributed by atoms with E-state index in [1.807, 2.05) is 6.07 Å². The van der Waals surface area contributed by atoms with E-state index in [-0.39, 0.29) is 10.8 Å². The van der Waals surface area contributed by atoms with Crippen LogP contribution in [0.1, 0.15) is 22.7 Å². The first-order valence-corrected chi connectivity index (χ1v) is 10.1. The molecule has 1 atom stereocenters. The summed E-state index contributed by atoms with van der Waals surface area (Å²) in [5.41, 5.74) is 0.496. The molecule has 10 heteroatoms. The molecule has 1 aromatic heterocycles. The zero-order chi connectivity index (χ0) is 22.2. The Morgan fingerprint density at radius 2 is 2.06 bits per heavy atom. The summed E-state index contributed by atoms with van der Waals surface area (Å²) in [6, 6.07) is 9.51. The van der Waals surface area contributed by atoms with Crippen LogP contribution in [0.25, 0.3) is 17.0 Å². The normalized spacial score (nSPS) is 18.2. The van der Waals surface area contributed by atoms with Crippen LogP contribution < -0.4 is 5.32 Å². The summed E-state index contributed by atoms with van der Waals surface area (Å²) >= 11 is 1.03. The Hall–Kier alpha value is -3.11. The molecule has 31 heavy (non-hydrogen) atoms. The molecule has 1 amide bonds. The third-order valence-corrected chi connectivity index (χ3v) is 5.66. The molecule has 3 aromatic rings. The van der Waals surface area contributed by atoms with Gasteiger partial charge in [0.15, 0.2) is 0 Å². The average molecular weight is 446 g/mol. The van der Waals surface area contributed by atoms with Crippen LogP contribution in [-0.2, 0) is 6.18 Å². The number of hydrogen-bond donors (Lipinski definition) is 2. The Morgan fingerprint density at radius 3 is 2.77 bits per heavy atom. The maximum atomic E-state index is 13.4. The van der Waals surface area contributed by atoms with Crippen LogP contribution in [0.15, 0.2) is 58.6 Å². The molecular weight excluding hydrogens is 429 g/mol. The number of aromatic nitrogens is 2. The number of alkyl halides is 3. The predicted octanol–water partition coefficient (Wildman–Crippen LogP) is 4.46. The van der Waals surface area contributed by atoms with Gasteiger partial charge >= 0.3 is 6.18 Å². The van der Waals surface area contributed by atoms with Gasteiger partial charge in [0.1, 0.15) is 11.9 Å². The van der Waals surface area contributed by atoms with E-state index in [1.54, 1.807) is 31.5 Å². The number of carbonyl (C=O) groups is 1. The van der Waals surface area contributed by atoms with Crippen molar-refractivity contribution in [1.82, 2.24) is 15.1 Å². The molecule has 1 fully saturated rings. The summed E-state index contributed by atoms with van der Waals surface area (Å²) in [7, 11) is 1.58. The van der Waals surface area contributed by atoms with E-state index >= 15 is 0 Å². The predicted molar refractivity (Wildman–Crippen MR) is 114 cm³/mol. The molecule has 0 radical (unpaired) electrons. The average Bonchev–Trinajstić information content (AvgIpc) is 3.30. The van der Waals surface area contributed by atoms with Crippen molar-refractivity contribution in [3.05, 3.63) is 70.3 Å². The van der Waals surface area contributed by atoms with Crippen LogP contribution in [0.2, 0.25) is 0 Å². The highest BCUT2D eigenvalue weighted by Gasteiger charge is 2.35. The largest absolute Gasteiger partial charge is 0.416 e. The minimum Gasteiger partial charge on any atom is -0.394 e. The number of nitrogens with zero attached hydrogens (tertiary/aromatic N) is 3. The van der Waals surface area contributed by atoms with E-state index in [0.29, 0.717) is 21.6 Å². The van der Waals surface area contributed by atoms with Crippen LogP contribution >= 0.6 is 11.8 Å². The lowest BCUT2D eigenvalue weighted by Gasteiger charge is -2.20. The van der Waals surface area contributed by atoms with Gasteiger partial charge < -0.3 is 10.4 Å². The number of nitrogens with one attached hydrogen (secondary N) is 1. The van der Waals surface area contributed by atoms with Gasteiger partial charge in [0.05, 0.1) is 22.6 Å². The fourth-order valence-electron chi connectivity index (χ4n) is 3.43. The van der Waals surface area contributed by atoms with Gasteiger partial charge in [0, 0.05) is 18.6 Å². The topological polar surface area (TPSA) is 79.5 Å². The van der Waals surface area contributed by atoms with Gasteiger partial charge in [-0.25, -0.2) is 0 Å². The number of amides is 1. The van der Waals surface area contributed by atoms with Gasteiger partial charge in [-0.15, -0.1) is 0 Å². The maximum absolute atomic E-state index is 13.4. The van der Waals surface area contributed by atoms with Crippen LogP contribution in [-0.4, -0.2) is 39.6 Å². The Labute approximate surface area is 179 Å². The second-order valence-electron chi connectivity index (χ2n) is 6.81. The van der Waals surface area contributed by atoms with Crippen molar-refractivity contribution < 1.29 is 23.1 Å². The van der Waals surface area contributed by atoms with Gasteiger partial charge in [-0.1, -0.05) is 24.3 Å². The fraction of sp³-hybridized carbons (Fsp3) is 0.190. The van der Waals surface area contributed by atoms with Crippen LogP contribution in [0.3, 0.4) is 0 Å². The molecule has 160 valence electrons. The van der Waals surface area contributed by atoms with Gasteiger partial charge in [-0.3, -0.25) is 14.5 Å². The summed E-state index contributed by atoms with van der Waals surface area (Å²) in [5, 5.41) is 17.4. The molecule has 0 spiro atoms. The Kier molecular flexibility index (Phi) is 5.59. The summed E-state index contributed by atoms with van der Waals surface area (Å²) in [6.07, 6.45) is -1.14. The first-order chi connectivity index (χ1) is 14.8. The second kappa shape index (κ2) is 8.20. The molecule has 0 bridgehead atoms. The summed E-state index contributed by atoms with van der Waals surface area (Å²) in [5.74, 6) is 0.481. The number of benzene rings is 2. The van der Waals surface area contributed by atoms with Gasteiger partial charge in [-0.2, -0.15) is 18.3 Å². The lowest BCUT2D eigenvalue weighted by molar-refractivity contribution is -0.138. The number of carbonyl (C=O) groups excluding carboxylic acids is 1. The molecule has 2 N–H and O–H groups in total. The Balaban J connectivity index is 1.73. The first kappa shape index (κ1) is 21.1. The van der Waals surface area contributed by atoms with Crippen molar-refractivity contribution in [1.29, 1.82) is 0 Å². The summed E-state index contributed by atoms with van der Waals surface area (Å²) in [6.45, 7) is -0.543.